The second-order valence-electron chi connectivity index (χ2n) is 17.2. The number of anilines is 1. The van der Waals surface area contributed by atoms with Crippen molar-refractivity contribution < 1.29 is 33.7 Å². The van der Waals surface area contributed by atoms with Crippen LogP contribution in [0.25, 0.3) is 5.70 Å². The van der Waals surface area contributed by atoms with Gasteiger partial charge >= 0.3 is 11.9 Å². The highest BCUT2D eigenvalue weighted by atomic mass is 16.7. The van der Waals surface area contributed by atoms with Gasteiger partial charge in [0.25, 0.3) is 11.8 Å². The number of benzene rings is 2. The Morgan fingerprint density at radius 1 is 0.867 bits per heavy atom. The summed E-state index contributed by atoms with van der Waals surface area (Å²) in [6, 6.07) is 17.2. The molecule has 1 N–H and O–H groups in total. The summed E-state index contributed by atoms with van der Waals surface area (Å²) < 4.78 is 4.30. The van der Waals surface area contributed by atoms with Gasteiger partial charge in [-0.15, -0.1) is 10.2 Å². The molecule has 4 aliphatic rings. The molecule has 0 bridgehead atoms. The molecule has 3 aromatic rings. The lowest BCUT2D eigenvalue weighted by Gasteiger charge is -2.27. The number of carbonyl (C=O) groups is 4. The first-order valence-electron chi connectivity index (χ1n) is 21.5. The summed E-state index contributed by atoms with van der Waals surface area (Å²) in [7, 11) is 0. The topological polar surface area (TPSA) is 138 Å². The van der Waals surface area contributed by atoms with E-state index in [1.165, 1.54) is 28.2 Å². The third-order valence-corrected chi connectivity index (χ3v) is 12.3. The first-order valence-corrected chi connectivity index (χ1v) is 21.5. The number of carboxylic acids is 1. The summed E-state index contributed by atoms with van der Waals surface area (Å²) in [6.45, 7) is 13.0. The number of allylic oxidation sites excluding steroid dienone is 8. The molecule has 0 spiro atoms. The SMILES string of the molecule is CCC[N+]1=C(/C=C/C2=C(n3cc(CCC(=O)O)nn3)C(=C/C=C3/N(CCCCCC(=O)ON4C(=O)CCC4=O)c4ccccc4C3(C)C)/CCC2)C(C)(C)c2ccccc21. The number of rotatable bonds is 16. The summed E-state index contributed by atoms with van der Waals surface area (Å²) in [5, 5.41) is 19.0. The van der Waals surface area contributed by atoms with Gasteiger partial charge in [-0.25, -0.2) is 9.48 Å². The van der Waals surface area contributed by atoms with Crippen LogP contribution in [0, 0.1) is 0 Å². The first kappa shape index (κ1) is 42.2. The molecule has 1 saturated heterocycles. The van der Waals surface area contributed by atoms with Crippen LogP contribution in [0.5, 0.6) is 0 Å². The van der Waals surface area contributed by atoms with Crippen molar-refractivity contribution in [3.63, 3.8) is 0 Å². The van der Waals surface area contributed by atoms with Crippen LogP contribution in [0.2, 0.25) is 0 Å². The van der Waals surface area contributed by atoms with Crippen LogP contribution in [-0.2, 0) is 41.3 Å². The van der Waals surface area contributed by atoms with Gasteiger partial charge in [-0.2, -0.15) is 4.58 Å². The molecule has 3 aliphatic heterocycles. The van der Waals surface area contributed by atoms with E-state index < -0.39 is 23.8 Å². The molecule has 7 rings (SSSR count). The Bertz CT molecular complexity index is 2330. The van der Waals surface area contributed by atoms with Crippen LogP contribution in [0.4, 0.5) is 11.4 Å². The van der Waals surface area contributed by atoms with Crippen LogP contribution in [0.15, 0.2) is 95.9 Å². The van der Waals surface area contributed by atoms with Crippen LogP contribution in [0.1, 0.15) is 122 Å². The predicted molar refractivity (Wildman–Crippen MR) is 230 cm³/mol. The Hall–Kier alpha value is -5.91. The Morgan fingerprint density at radius 2 is 1.60 bits per heavy atom. The van der Waals surface area contributed by atoms with E-state index in [1.807, 2.05) is 10.9 Å². The molecule has 0 unspecified atom stereocenters. The standard InChI is InChI=1S/C48H56N6O6/c1-6-30-51-38-19-11-9-17-36(38)47(2,3)40(51)25-22-33-15-14-16-34(46(33)53-32-35(49-50-53)24-29-44(57)58)23-26-41-48(4,5)37-18-10-12-20-39(37)52(41)31-13-7-8-21-45(59)60-54-42(55)27-28-43(54)56/h9-12,17-20,22-23,25-26,32H,6-8,13-16,21,24,27-31H2,1-5H3/p+1. The Balaban J connectivity index is 1.19. The van der Waals surface area contributed by atoms with E-state index in [-0.39, 0.29) is 36.5 Å². The number of nitrogens with zero attached hydrogens (tertiary/aromatic N) is 6. The molecule has 60 heavy (non-hydrogen) atoms. The molecule has 2 aromatic carbocycles. The van der Waals surface area contributed by atoms with E-state index in [9.17, 15) is 24.3 Å². The van der Waals surface area contributed by atoms with Gasteiger partial charge in [0.15, 0.2) is 5.71 Å². The maximum atomic E-state index is 12.4. The molecule has 0 saturated carbocycles. The van der Waals surface area contributed by atoms with E-state index in [0.29, 0.717) is 23.6 Å². The minimum atomic E-state index is -0.869. The number of para-hydroxylation sites is 2. The molecular formula is C48H57N6O6+. The van der Waals surface area contributed by atoms with Crippen LogP contribution < -0.4 is 4.90 Å². The summed E-state index contributed by atoms with van der Waals surface area (Å²) in [6.07, 6.45) is 17.3. The number of imide groups is 1. The number of aromatic nitrogens is 3. The van der Waals surface area contributed by atoms with Crippen molar-refractivity contribution in [3.05, 3.63) is 113 Å². The minimum absolute atomic E-state index is 0.0172. The molecule has 12 nitrogen and oxygen atoms in total. The van der Waals surface area contributed by atoms with Gasteiger partial charge in [0.2, 0.25) is 5.69 Å². The zero-order valence-electron chi connectivity index (χ0n) is 35.6. The minimum Gasteiger partial charge on any atom is -0.481 e. The van der Waals surface area contributed by atoms with Crippen molar-refractivity contribution in [2.45, 2.75) is 122 Å². The van der Waals surface area contributed by atoms with Crippen molar-refractivity contribution in [2.24, 2.45) is 0 Å². The molecule has 12 heteroatoms. The summed E-state index contributed by atoms with van der Waals surface area (Å²) in [4.78, 5) is 55.1. The fourth-order valence-electron chi connectivity index (χ4n) is 9.16. The number of hydrogen-bond donors (Lipinski definition) is 1. The molecule has 0 radical (unpaired) electrons. The lowest BCUT2D eigenvalue weighted by molar-refractivity contribution is -0.437. The Morgan fingerprint density at radius 3 is 2.35 bits per heavy atom. The zero-order valence-corrected chi connectivity index (χ0v) is 35.6. The number of amides is 2. The average Bonchev–Trinajstić information content (AvgIpc) is 3.93. The second-order valence-corrected chi connectivity index (χ2v) is 17.2. The highest BCUT2D eigenvalue weighted by Crippen LogP contribution is 2.48. The van der Waals surface area contributed by atoms with Gasteiger partial charge in [-0.05, 0) is 74.8 Å². The zero-order chi connectivity index (χ0) is 42.6. The van der Waals surface area contributed by atoms with Crippen molar-refractivity contribution in [1.29, 1.82) is 0 Å². The lowest BCUT2D eigenvalue weighted by Crippen LogP contribution is -2.32. The fourth-order valence-corrected chi connectivity index (χ4v) is 9.16. The predicted octanol–water partition coefficient (Wildman–Crippen LogP) is 8.51. The van der Waals surface area contributed by atoms with Crippen molar-refractivity contribution in [1.82, 2.24) is 20.1 Å². The number of hydrogen-bond acceptors (Lipinski definition) is 8. The maximum Gasteiger partial charge on any atom is 0.333 e. The van der Waals surface area contributed by atoms with Gasteiger partial charge < -0.3 is 14.8 Å². The summed E-state index contributed by atoms with van der Waals surface area (Å²) in [5.74, 6) is -2.38. The third kappa shape index (κ3) is 8.55. The van der Waals surface area contributed by atoms with Crippen LogP contribution in [0.3, 0.4) is 0 Å². The quantitative estimate of drug-likeness (QED) is 0.0857. The summed E-state index contributed by atoms with van der Waals surface area (Å²) >= 11 is 0. The van der Waals surface area contributed by atoms with E-state index in [4.69, 9.17) is 4.84 Å². The third-order valence-electron chi connectivity index (χ3n) is 12.3. The largest absolute Gasteiger partial charge is 0.481 e. The fraction of sp³-hybridized carbons (Fsp3) is 0.438. The van der Waals surface area contributed by atoms with E-state index in [2.05, 4.69) is 127 Å². The molecule has 2 amide bonds. The monoisotopic (exact) mass is 813 g/mol. The smallest absolute Gasteiger partial charge is 0.333 e. The van der Waals surface area contributed by atoms with Gasteiger partial charge in [0.05, 0.1) is 29.4 Å². The Kier molecular flexibility index (Phi) is 12.5. The van der Waals surface area contributed by atoms with Crippen molar-refractivity contribution in [3.8, 4) is 0 Å². The van der Waals surface area contributed by atoms with Crippen molar-refractivity contribution >= 4 is 46.5 Å². The maximum absolute atomic E-state index is 12.4. The highest BCUT2D eigenvalue weighted by Gasteiger charge is 2.44. The molecule has 0 atom stereocenters. The number of aliphatic carboxylic acids is 1. The van der Waals surface area contributed by atoms with Gasteiger partial charge in [-0.3, -0.25) is 14.4 Å². The number of carbonyl (C=O) groups excluding carboxylic acids is 3. The molecule has 1 fully saturated rings. The van der Waals surface area contributed by atoms with Crippen LogP contribution >= 0.6 is 0 Å². The molecule has 4 heterocycles. The van der Waals surface area contributed by atoms with Gasteiger partial charge in [0.1, 0.15) is 6.54 Å². The van der Waals surface area contributed by atoms with E-state index in [1.54, 1.807) is 0 Å². The number of unbranched alkanes of at least 4 members (excludes halogenated alkanes) is 2. The molecule has 1 aliphatic carbocycles. The number of fused-ring (bicyclic) bond motifs is 2. The number of aryl methyl sites for hydroxylation is 1. The second kappa shape index (κ2) is 17.7. The summed E-state index contributed by atoms with van der Waals surface area (Å²) in [5.41, 5.74) is 10.8. The number of hydroxylamine groups is 2. The van der Waals surface area contributed by atoms with Crippen molar-refractivity contribution in [2.75, 3.05) is 18.0 Å². The number of carboxylic acid groups (broad SMARTS) is 1. The first-order chi connectivity index (χ1) is 28.8. The highest BCUT2D eigenvalue weighted by molar-refractivity contribution is 6.03. The molecule has 1 aromatic heterocycles. The molecular weight excluding hydrogens is 757 g/mol. The molecule has 314 valence electrons. The van der Waals surface area contributed by atoms with Gasteiger partial charge in [0, 0.05) is 73.2 Å². The Labute approximate surface area is 352 Å². The average molecular weight is 814 g/mol. The van der Waals surface area contributed by atoms with E-state index in [0.717, 1.165) is 74.1 Å². The van der Waals surface area contributed by atoms with Crippen LogP contribution in [-0.4, -0.2) is 72.3 Å². The lowest BCUT2D eigenvalue weighted by atomic mass is 9.81. The van der Waals surface area contributed by atoms with E-state index >= 15 is 0 Å². The van der Waals surface area contributed by atoms with Gasteiger partial charge in [-0.1, -0.05) is 81.0 Å². The normalized spacial score (nSPS) is 19.7.